The van der Waals surface area contributed by atoms with Gasteiger partial charge in [0.15, 0.2) is 0 Å². The van der Waals surface area contributed by atoms with Crippen LogP contribution in [0.15, 0.2) is 30.3 Å². The molecule has 2 N–H and O–H groups in total. The molecule has 0 aliphatic carbocycles. The highest BCUT2D eigenvalue weighted by Gasteiger charge is 2.23. The van der Waals surface area contributed by atoms with E-state index in [0.29, 0.717) is 12.0 Å². The van der Waals surface area contributed by atoms with Crippen LogP contribution >= 0.6 is 0 Å². The lowest BCUT2D eigenvalue weighted by Gasteiger charge is -2.13. The first kappa shape index (κ1) is 14.7. The third kappa shape index (κ3) is 4.85. The Kier molecular flexibility index (Phi) is 5.30. The maximum atomic E-state index is 11.8. The van der Waals surface area contributed by atoms with Crippen molar-refractivity contribution >= 4 is 16.0 Å². The molecule has 1 aromatic rings. The van der Waals surface area contributed by atoms with Crippen molar-refractivity contribution in [2.75, 3.05) is 0 Å². The van der Waals surface area contributed by atoms with E-state index >= 15 is 0 Å². The highest BCUT2D eigenvalue weighted by Crippen LogP contribution is 2.06. The minimum absolute atomic E-state index is 0.207. The van der Waals surface area contributed by atoms with Gasteiger partial charge in [-0.05, 0) is 12.0 Å². The molecule has 0 amide bonds. The lowest BCUT2D eigenvalue weighted by Crippen LogP contribution is -2.41. The molecule has 0 aliphatic rings. The first-order valence-corrected chi connectivity index (χ1v) is 7.36. The van der Waals surface area contributed by atoms with Crippen molar-refractivity contribution in [3.05, 3.63) is 35.9 Å². The smallest absolute Gasteiger partial charge is 0.321 e. The van der Waals surface area contributed by atoms with Crippen LogP contribution in [0.5, 0.6) is 0 Å². The second kappa shape index (κ2) is 6.51. The zero-order chi connectivity index (χ0) is 13.6. The van der Waals surface area contributed by atoms with Gasteiger partial charge in [-0.25, -0.2) is 13.1 Å². The predicted octanol–water partition coefficient (Wildman–Crippen LogP) is 1.36. The van der Waals surface area contributed by atoms with Crippen LogP contribution in [0.2, 0.25) is 0 Å². The molecule has 1 aromatic carbocycles. The molecule has 6 heteroatoms. The second-order valence-corrected chi connectivity index (χ2v) is 5.80. The largest absolute Gasteiger partial charge is 0.480 e. The summed E-state index contributed by atoms with van der Waals surface area (Å²) in [7, 11) is -3.63. The summed E-state index contributed by atoms with van der Waals surface area (Å²) in [5, 5.41) is 8.91. The Morgan fingerprint density at radius 3 is 2.44 bits per heavy atom. The van der Waals surface area contributed by atoms with Gasteiger partial charge in [0.2, 0.25) is 10.0 Å². The number of rotatable bonds is 7. The molecule has 0 aromatic heterocycles. The zero-order valence-electron chi connectivity index (χ0n) is 10.2. The maximum Gasteiger partial charge on any atom is 0.321 e. The molecule has 100 valence electrons. The number of hydrogen-bond donors (Lipinski definition) is 2. The van der Waals surface area contributed by atoms with Crippen LogP contribution in [0.1, 0.15) is 25.3 Å². The van der Waals surface area contributed by atoms with E-state index < -0.39 is 22.0 Å². The predicted molar refractivity (Wildman–Crippen MR) is 68.5 cm³/mol. The van der Waals surface area contributed by atoms with Crippen molar-refractivity contribution in [3.63, 3.8) is 0 Å². The van der Waals surface area contributed by atoms with E-state index in [1.165, 1.54) is 0 Å². The van der Waals surface area contributed by atoms with Crippen molar-refractivity contribution in [1.82, 2.24) is 4.72 Å². The Morgan fingerprint density at radius 2 is 1.94 bits per heavy atom. The number of sulfonamides is 1. The molecular weight excluding hydrogens is 254 g/mol. The molecule has 5 nitrogen and oxygen atoms in total. The standard InChI is InChI=1S/C12H17NO4S/c1-2-6-11(12(14)15)13-18(16,17)9-10-7-4-3-5-8-10/h3-5,7-8,11,13H,2,6,9H2,1H3,(H,14,15). The van der Waals surface area contributed by atoms with Gasteiger partial charge >= 0.3 is 5.97 Å². The highest BCUT2D eigenvalue weighted by molar-refractivity contribution is 7.88. The van der Waals surface area contributed by atoms with Gasteiger partial charge in [-0.1, -0.05) is 43.7 Å². The number of aliphatic carboxylic acids is 1. The summed E-state index contributed by atoms with van der Waals surface area (Å²) in [6, 6.07) is 7.60. The van der Waals surface area contributed by atoms with Crippen LogP contribution < -0.4 is 4.72 Å². The van der Waals surface area contributed by atoms with Crippen LogP contribution in [0, 0.1) is 0 Å². The molecule has 1 rings (SSSR count). The summed E-state index contributed by atoms with van der Waals surface area (Å²) in [5.41, 5.74) is 0.630. The molecule has 0 bridgehead atoms. The summed E-state index contributed by atoms with van der Waals surface area (Å²) < 4.78 is 25.8. The second-order valence-electron chi connectivity index (χ2n) is 4.04. The molecule has 1 unspecified atom stereocenters. The fourth-order valence-electron chi connectivity index (χ4n) is 1.57. The van der Waals surface area contributed by atoms with Crippen molar-refractivity contribution in [2.24, 2.45) is 0 Å². The first-order valence-electron chi connectivity index (χ1n) is 5.71. The average Bonchev–Trinajstić information content (AvgIpc) is 2.28. The number of carbonyl (C=O) groups is 1. The van der Waals surface area contributed by atoms with E-state index in [0.717, 1.165) is 0 Å². The van der Waals surface area contributed by atoms with Crippen LogP contribution in [0.3, 0.4) is 0 Å². The van der Waals surface area contributed by atoms with Crippen molar-refractivity contribution in [1.29, 1.82) is 0 Å². The fourth-order valence-corrected chi connectivity index (χ4v) is 2.94. The number of carboxylic acids is 1. The Hall–Kier alpha value is -1.40. The van der Waals surface area contributed by atoms with E-state index in [-0.39, 0.29) is 12.2 Å². The number of carboxylic acid groups (broad SMARTS) is 1. The highest BCUT2D eigenvalue weighted by atomic mass is 32.2. The quantitative estimate of drug-likeness (QED) is 0.784. The van der Waals surface area contributed by atoms with Crippen LogP contribution in [-0.4, -0.2) is 25.5 Å². The van der Waals surface area contributed by atoms with Gasteiger partial charge in [-0.15, -0.1) is 0 Å². The first-order chi connectivity index (χ1) is 8.44. The minimum atomic E-state index is -3.63. The van der Waals surface area contributed by atoms with E-state index in [1.807, 2.05) is 0 Å². The number of nitrogens with one attached hydrogen (secondary N) is 1. The van der Waals surface area contributed by atoms with Gasteiger partial charge in [0, 0.05) is 0 Å². The van der Waals surface area contributed by atoms with Gasteiger partial charge in [0.1, 0.15) is 6.04 Å². The monoisotopic (exact) mass is 271 g/mol. The van der Waals surface area contributed by atoms with Gasteiger partial charge in [-0.2, -0.15) is 0 Å². The third-order valence-corrected chi connectivity index (χ3v) is 3.75. The SMILES string of the molecule is CCCC(NS(=O)(=O)Cc1ccccc1)C(=O)O. The van der Waals surface area contributed by atoms with E-state index in [2.05, 4.69) is 4.72 Å². The molecule has 1 atom stereocenters. The van der Waals surface area contributed by atoms with Crippen LogP contribution in [0.25, 0.3) is 0 Å². The van der Waals surface area contributed by atoms with E-state index in [4.69, 9.17) is 5.11 Å². The van der Waals surface area contributed by atoms with Gasteiger partial charge < -0.3 is 5.11 Å². The summed E-state index contributed by atoms with van der Waals surface area (Å²) in [5.74, 6) is -1.35. The maximum absolute atomic E-state index is 11.8. The molecule has 0 fully saturated rings. The molecule has 0 saturated carbocycles. The van der Waals surface area contributed by atoms with Crippen LogP contribution in [-0.2, 0) is 20.6 Å². The van der Waals surface area contributed by atoms with Crippen molar-refractivity contribution in [3.8, 4) is 0 Å². The fraction of sp³-hybridized carbons (Fsp3) is 0.417. The average molecular weight is 271 g/mol. The molecule has 0 aliphatic heterocycles. The zero-order valence-corrected chi connectivity index (χ0v) is 11.0. The summed E-state index contributed by atoms with van der Waals surface area (Å²) in [6.45, 7) is 1.81. The lowest BCUT2D eigenvalue weighted by atomic mass is 10.2. The Morgan fingerprint density at radius 1 is 1.33 bits per heavy atom. The number of hydrogen-bond acceptors (Lipinski definition) is 3. The van der Waals surface area contributed by atoms with E-state index in [9.17, 15) is 13.2 Å². The van der Waals surface area contributed by atoms with Crippen molar-refractivity contribution in [2.45, 2.75) is 31.6 Å². The molecule has 0 saturated heterocycles. The number of benzene rings is 1. The van der Waals surface area contributed by atoms with E-state index in [1.54, 1.807) is 37.3 Å². The van der Waals surface area contributed by atoms with Crippen LogP contribution in [0.4, 0.5) is 0 Å². The Balaban J connectivity index is 2.72. The summed E-state index contributed by atoms with van der Waals surface area (Å²) >= 11 is 0. The molecule has 18 heavy (non-hydrogen) atoms. The molecule has 0 heterocycles. The topological polar surface area (TPSA) is 83.5 Å². The summed E-state index contributed by atoms with van der Waals surface area (Å²) in [4.78, 5) is 10.9. The lowest BCUT2D eigenvalue weighted by molar-refractivity contribution is -0.139. The molecular formula is C12H17NO4S. The molecule has 0 spiro atoms. The minimum Gasteiger partial charge on any atom is -0.480 e. The van der Waals surface area contributed by atoms with Crippen molar-refractivity contribution < 1.29 is 18.3 Å². The van der Waals surface area contributed by atoms with Gasteiger partial charge in [0.25, 0.3) is 0 Å². The van der Waals surface area contributed by atoms with Gasteiger partial charge in [0.05, 0.1) is 5.75 Å². The summed E-state index contributed by atoms with van der Waals surface area (Å²) in [6.07, 6.45) is 0.883. The normalized spacial score (nSPS) is 13.2. The Bertz CT molecular complexity index is 484. The molecule has 0 radical (unpaired) electrons. The Labute approximate surface area is 107 Å². The third-order valence-electron chi connectivity index (χ3n) is 2.40. The van der Waals surface area contributed by atoms with Gasteiger partial charge in [-0.3, -0.25) is 4.79 Å².